The van der Waals surface area contributed by atoms with Crippen LogP contribution in [0.4, 0.5) is 4.39 Å². The molecule has 0 fully saturated rings. The lowest BCUT2D eigenvalue weighted by Gasteiger charge is -2.29. The van der Waals surface area contributed by atoms with Crippen LogP contribution in [-0.2, 0) is 16.1 Å². The van der Waals surface area contributed by atoms with Crippen LogP contribution in [-0.4, -0.2) is 50.1 Å². The summed E-state index contributed by atoms with van der Waals surface area (Å²) in [4.78, 5) is 27.0. The maximum Gasteiger partial charge on any atom is 0.261 e. The highest BCUT2D eigenvalue weighted by Crippen LogP contribution is 2.27. The summed E-state index contributed by atoms with van der Waals surface area (Å²) in [6, 6.07) is 10.3. The van der Waals surface area contributed by atoms with Gasteiger partial charge in [-0.2, -0.15) is 0 Å². The Morgan fingerprint density at radius 2 is 1.69 bits per heavy atom. The van der Waals surface area contributed by atoms with Gasteiger partial charge in [-0.05, 0) is 19.4 Å². The van der Waals surface area contributed by atoms with E-state index in [1.165, 1.54) is 25.2 Å². The number of methoxy groups -OCH3 is 2. The highest BCUT2D eigenvalue weighted by Gasteiger charge is 2.27. The zero-order valence-corrected chi connectivity index (χ0v) is 19.0. The monoisotopic (exact) mass is 446 g/mol. The molecule has 8 heteroatoms. The van der Waals surface area contributed by atoms with Crippen LogP contribution in [0.5, 0.6) is 17.2 Å². The number of carbonyl (C=O) groups excluding carboxylic acids is 2. The molecule has 0 bridgehead atoms. The van der Waals surface area contributed by atoms with E-state index in [4.69, 9.17) is 14.2 Å². The smallest absolute Gasteiger partial charge is 0.261 e. The molecule has 0 saturated heterocycles. The number of hydrogen-bond donors (Lipinski definition) is 1. The molecule has 0 saturated carbocycles. The summed E-state index contributed by atoms with van der Waals surface area (Å²) >= 11 is 0. The average molecular weight is 447 g/mol. The van der Waals surface area contributed by atoms with Crippen LogP contribution < -0.4 is 19.5 Å². The Hall–Kier alpha value is -3.29. The van der Waals surface area contributed by atoms with Gasteiger partial charge in [0.2, 0.25) is 5.91 Å². The number of unbranched alkanes of at least 4 members (excludes halogenated alkanes) is 1. The Morgan fingerprint density at radius 3 is 2.28 bits per heavy atom. The quantitative estimate of drug-likeness (QED) is 0.505. The summed E-state index contributed by atoms with van der Waals surface area (Å²) < 4.78 is 30.3. The van der Waals surface area contributed by atoms with Gasteiger partial charge >= 0.3 is 0 Å². The molecule has 1 atom stereocenters. The molecule has 2 amide bonds. The topological polar surface area (TPSA) is 77.1 Å². The van der Waals surface area contributed by atoms with Crippen molar-refractivity contribution in [1.29, 1.82) is 0 Å². The third kappa shape index (κ3) is 7.14. The van der Waals surface area contributed by atoms with Gasteiger partial charge in [0.05, 0.1) is 14.2 Å². The molecular formula is C24H31FN2O5. The summed E-state index contributed by atoms with van der Waals surface area (Å²) in [5.74, 6) is 0.208. The standard InChI is InChI=1S/C24H31FN2O5/c1-5-6-11-26-24(29)17(2)27(15-18-9-7-8-10-22(18)25)23(28)16-32-21-13-19(30-3)12-20(14-21)31-4/h7-10,12-14,17H,5-6,11,15-16H2,1-4H3,(H,26,29)/t17-/m0/s1. The maximum atomic E-state index is 14.2. The highest BCUT2D eigenvalue weighted by atomic mass is 19.1. The molecule has 2 rings (SSSR count). The van der Waals surface area contributed by atoms with Crippen LogP contribution in [0, 0.1) is 5.82 Å². The number of carbonyl (C=O) groups is 2. The lowest BCUT2D eigenvalue weighted by atomic mass is 10.1. The lowest BCUT2D eigenvalue weighted by Crippen LogP contribution is -2.49. The van der Waals surface area contributed by atoms with Crippen molar-refractivity contribution in [3.63, 3.8) is 0 Å². The first kappa shape index (κ1) is 25.0. The number of amides is 2. The minimum Gasteiger partial charge on any atom is -0.496 e. The van der Waals surface area contributed by atoms with Crippen molar-refractivity contribution in [2.75, 3.05) is 27.4 Å². The normalized spacial score (nSPS) is 11.4. The second kappa shape index (κ2) is 12.5. The fraction of sp³-hybridized carbons (Fsp3) is 0.417. The molecule has 2 aromatic carbocycles. The number of benzene rings is 2. The number of nitrogens with one attached hydrogen (secondary N) is 1. The van der Waals surface area contributed by atoms with Crippen LogP contribution in [0.1, 0.15) is 32.3 Å². The first-order valence-corrected chi connectivity index (χ1v) is 10.6. The zero-order chi connectivity index (χ0) is 23.5. The molecule has 0 unspecified atom stereocenters. The zero-order valence-electron chi connectivity index (χ0n) is 19.0. The van der Waals surface area contributed by atoms with Gasteiger partial charge in [-0.1, -0.05) is 31.5 Å². The third-order valence-corrected chi connectivity index (χ3v) is 4.98. The van der Waals surface area contributed by atoms with Gasteiger partial charge < -0.3 is 24.4 Å². The molecule has 0 aliphatic carbocycles. The van der Waals surface area contributed by atoms with E-state index in [2.05, 4.69) is 5.32 Å². The van der Waals surface area contributed by atoms with Crippen molar-refractivity contribution in [3.05, 3.63) is 53.8 Å². The minimum absolute atomic E-state index is 0.0569. The van der Waals surface area contributed by atoms with Gasteiger partial charge in [0.15, 0.2) is 6.61 Å². The predicted molar refractivity (Wildman–Crippen MR) is 119 cm³/mol. The van der Waals surface area contributed by atoms with E-state index in [1.807, 2.05) is 6.92 Å². The van der Waals surface area contributed by atoms with Gasteiger partial charge in [-0.25, -0.2) is 4.39 Å². The Bertz CT molecular complexity index is 883. The molecular weight excluding hydrogens is 415 g/mol. The van der Waals surface area contributed by atoms with Crippen molar-refractivity contribution in [3.8, 4) is 17.2 Å². The molecule has 0 aliphatic heterocycles. The van der Waals surface area contributed by atoms with Crippen LogP contribution >= 0.6 is 0 Å². The lowest BCUT2D eigenvalue weighted by molar-refractivity contribution is -0.142. The molecule has 1 N–H and O–H groups in total. The van der Waals surface area contributed by atoms with Crippen molar-refractivity contribution in [2.24, 2.45) is 0 Å². The Balaban J connectivity index is 2.17. The molecule has 0 radical (unpaired) electrons. The second-order valence-corrected chi connectivity index (χ2v) is 7.27. The Labute approximate surface area is 188 Å². The predicted octanol–water partition coefficient (Wildman–Crippen LogP) is 3.56. The van der Waals surface area contributed by atoms with E-state index >= 15 is 0 Å². The van der Waals surface area contributed by atoms with Gasteiger partial charge in [-0.3, -0.25) is 9.59 Å². The Morgan fingerprint density at radius 1 is 1.06 bits per heavy atom. The molecule has 174 valence electrons. The van der Waals surface area contributed by atoms with E-state index in [9.17, 15) is 14.0 Å². The number of nitrogens with zero attached hydrogens (tertiary/aromatic N) is 1. The first-order chi connectivity index (χ1) is 15.4. The summed E-state index contributed by atoms with van der Waals surface area (Å²) in [6.07, 6.45) is 1.77. The fourth-order valence-corrected chi connectivity index (χ4v) is 3.02. The van der Waals surface area contributed by atoms with E-state index < -0.39 is 17.8 Å². The van der Waals surface area contributed by atoms with E-state index in [0.29, 0.717) is 29.4 Å². The van der Waals surface area contributed by atoms with E-state index in [1.54, 1.807) is 43.3 Å². The number of rotatable bonds is 12. The molecule has 32 heavy (non-hydrogen) atoms. The molecule has 0 aliphatic rings. The van der Waals surface area contributed by atoms with Crippen LogP contribution in [0.3, 0.4) is 0 Å². The van der Waals surface area contributed by atoms with Crippen molar-refractivity contribution in [1.82, 2.24) is 10.2 Å². The van der Waals surface area contributed by atoms with Crippen molar-refractivity contribution < 1.29 is 28.2 Å². The number of hydrogen-bond acceptors (Lipinski definition) is 5. The van der Waals surface area contributed by atoms with Crippen molar-refractivity contribution in [2.45, 2.75) is 39.3 Å². The second-order valence-electron chi connectivity index (χ2n) is 7.27. The van der Waals surface area contributed by atoms with Crippen LogP contribution in [0.25, 0.3) is 0 Å². The number of ether oxygens (including phenoxy) is 3. The molecule has 0 heterocycles. The number of halogens is 1. The summed E-state index contributed by atoms with van der Waals surface area (Å²) in [6.45, 7) is 3.76. The van der Waals surface area contributed by atoms with Crippen LogP contribution in [0.2, 0.25) is 0 Å². The molecule has 0 spiro atoms. The Kier molecular flexibility index (Phi) is 9.78. The third-order valence-electron chi connectivity index (χ3n) is 4.98. The highest BCUT2D eigenvalue weighted by molar-refractivity contribution is 5.88. The van der Waals surface area contributed by atoms with Gasteiger partial charge in [0.25, 0.3) is 5.91 Å². The van der Waals surface area contributed by atoms with Crippen LogP contribution in [0.15, 0.2) is 42.5 Å². The maximum absolute atomic E-state index is 14.2. The van der Waals surface area contributed by atoms with Gasteiger partial charge in [0, 0.05) is 36.9 Å². The van der Waals surface area contributed by atoms with Crippen molar-refractivity contribution >= 4 is 11.8 Å². The minimum atomic E-state index is -0.803. The molecule has 2 aromatic rings. The molecule has 0 aromatic heterocycles. The van der Waals surface area contributed by atoms with Gasteiger partial charge in [-0.15, -0.1) is 0 Å². The summed E-state index contributed by atoms with van der Waals surface area (Å²) in [5.41, 5.74) is 0.317. The van der Waals surface area contributed by atoms with E-state index in [0.717, 1.165) is 12.8 Å². The average Bonchev–Trinajstić information content (AvgIpc) is 2.81. The molecule has 7 nitrogen and oxygen atoms in total. The fourth-order valence-electron chi connectivity index (χ4n) is 3.02. The summed E-state index contributed by atoms with van der Waals surface area (Å²) in [7, 11) is 3.03. The largest absolute Gasteiger partial charge is 0.496 e. The summed E-state index contributed by atoms with van der Waals surface area (Å²) in [5, 5.41) is 2.82. The first-order valence-electron chi connectivity index (χ1n) is 10.6. The SMILES string of the molecule is CCCCNC(=O)[C@H](C)N(Cc1ccccc1F)C(=O)COc1cc(OC)cc(OC)c1. The van der Waals surface area contributed by atoms with Gasteiger partial charge in [0.1, 0.15) is 29.1 Å². The van der Waals surface area contributed by atoms with E-state index in [-0.39, 0.29) is 19.1 Å².